The molecule has 1 atom stereocenters. The fourth-order valence-corrected chi connectivity index (χ4v) is 6.13. The molecule has 40 heavy (non-hydrogen) atoms. The van der Waals surface area contributed by atoms with Crippen molar-refractivity contribution in [2.75, 3.05) is 44.4 Å². The lowest BCUT2D eigenvalue weighted by Gasteiger charge is -2.23. The first kappa shape index (κ1) is 27.6. The summed E-state index contributed by atoms with van der Waals surface area (Å²) in [6.45, 7) is 3.06. The van der Waals surface area contributed by atoms with Gasteiger partial charge in [-0.05, 0) is 56.4 Å². The molecule has 7 nitrogen and oxygen atoms in total. The first-order valence-electron chi connectivity index (χ1n) is 13.2. The minimum absolute atomic E-state index is 0.151. The molecule has 1 aliphatic heterocycles. The van der Waals surface area contributed by atoms with E-state index in [1.165, 1.54) is 28.8 Å². The average molecular weight is 558 g/mol. The van der Waals surface area contributed by atoms with Crippen LogP contribution in [-0.4, -0.2) is 66.0 Å². The molecule has 0 saturated heterocycles. The smallest absolute Gasteiger partial charge is 0.240 e. The number of nitrogens with one attached hydrogen (secondary N) is 1. The lowest BCUT2D eigenvalue weighted by Crippen LogP contribution is -2.43. The number of benzene rings is 3. The molecule has 5 rings (SSSR count). The van der Waals surface area contributed by atoms with Gasteiger partial charge in [0, 0.05) is 24.2 Å². The molecule has 1 aliphatic rings. The highest BCUT2D eigenvalue weighted by molar-refractivity contribution is 8.00. The summed E-state index contributed by atoms with van der Waals surface area (Å²) < 4.78 is 15.6. The normalized spacial score (nSPS) is 15.2. The van der Waals surface area contributed by atoms with Gasteiger partial charge in [0.1, 0.15) is 18.2 Å². The average Bonchev–Trinajstić information content (AvgIpc) is 3.27. The predicted molar refractivity (Wildman–Crippen MR) is 158 cm³/mol. The highest BCUT2D eigenvalue weighted by atomic mass is 32.2. The Balaban J connectivity index is 1.73. The molecule has 1 N–H and O–H groups in total. The summed E-state index contributed by atoms with van der Waals surface area (Å²) in [5, 5.41) is 7.75. The second-order valence-electron chi connectivity index (χ2n) is 10.0. The van der Waals surface area contributed by atoms with E-state index in [1.807, 2.05) is 61.5 Å². The number of amides is 2. The van der Waals surface area contributed by atoms with Crippen molar-refractivity contribution in [2.45, 2.75) is 12.2 Å². The maximum absolute atomic E-state index is 13.9. The maximum Gasteiger partial charge on any atom is 0.240 e. The van der Waals surface area contributed by atoms with Crippen LogP contribution in [0.4, 0.5) is 10.2 Å². The van der Waals surface area contributed by atoms with Gasteiger partial charge in [0.05, 0.1) is 22.4 Å². The summed E-state index contributed by atoms with van der Waals surface area (Å²) in [7, 11) is 3.87. The molecule has 0 saturated carbocycles. The molecule has 0 radical (unpaired) electrons. The predicted octanol–water partition coefficient (Wildman–Crippen LogP) is 4.83. The molecule has 206 valence electrons. The van der Waals surface area contributed by atoms with E-state index in [0.717, 1.165) is 22.3 Å². The Hall–Kier alpha value is -3.95. The van der Waals surface area contributed by atoms with Gasteiger partial charge in [0.25, 0.3) is 0 Å². The number of thioether (sulfide) groups is 1. The van der Waals surface area contributed by atoms with Gasteiger partial charge >= 0.3 is 0 Å². The van der Waals surface area contributed by atoms with E-state index in [4.69, 9.17) is 5.10 Å². The van der Waals surface area contributed by atoms with Crippen molar-refractivity contribution in [3.05, 3.63) is 101 Å². The van der Waals surface area contributed by atoms with Gasteiger partial charge in [0.15, 0.2) is 0 Å². The van der Waals surface area contributed by atoms with Crippen LogP contribution in [0.2, 0.25) is 0 Å². The third kappa shape index (κ3) is 5.80. The van der Waals surface area contributed by atoms with E-state index in [0.29, 0.717) is 30.3 Å². The number of likely N-dealkylation sites (N-methyl/N-ethyl adjacent to an activating group) is 1. The van der Waals surface area contributed by atoms with Crippen LogP contribution in [0, 0.1) is 12.7 Å². The van der Waals surface area contributed by atoms with Crippen LogP contribution in [0.1, 0.15) is 21.9 Å². The van der Waals surface area contributed by atoms with Crippen molar-refractivity contribution in [1.29, 1.82) is 0 Å². The fraction of sp³-hybridized carbons (Fsp3) is 0.258. The van der Waals surface area contributed by atoms with Gasteiger partial charge in [-0.1, -0.05) is 54.6 Å². The molecule has 9 heteroatoms. The second kappa shape index (κ2) is 12.1. The molecule has 2 heterocycles. The maximum atomic E-state index is 13.9. The highest BCUT2D eigenvalue weighted by Gasteiger charge is 2.38. The van der Waals surface area contributed by atoms with Gasteiger partial charge in [-0.2, -0.15) is 5.10 Å². The van der Waals surface area contributed by atoms with Crippen LogP contribution >= 0.6 is 11.8 Å². The van der Waals surface area contributed by atoms with Crippen molar-refractivity contribution in [3.63, 3.8) is 0 Å². The van der Waals surface area contributed by atoms with Gasteiger partial charge in [-0.3, -0.25) is 14.5 Å². The number of rotatable bonds is 8. The number of hydrogen-bond donors (Lipinski definition) is 1. The van der Waals surface area contributed by atoms with Gasteiger partial charge < -0.3 is 10.2 Å². The van der Waals surface area contributed by atoms with E-state index >= 15 is 0 Å². The van der Waals surface area contributed by atoms with Crippen molar-refractivity contribution in [1.82, 2.24) is 20.0 Å². The van der Waals surface area contributed by atoms with E-state index in [1.54, 1.807) is 16.8 Å². The number of carbonyl (C=O) groups is 2. The lowest BCUT2D eigenvalue weighted by atomic mass is 9.97. The highest BCUT2D eigenvalue weighted by Crippen LogP contribution is 2.49. The minimum atomic E-state index is -0.369. The Morgan fingerprint density at radius 2 is 1.75 bits per heavy atom. The summed E-state index contributed by atoms with van der Waals surface area (Å²) in [5.74, 6) is -0.0964. The third-order valence-electron chi connectivity index (χ3n) is 6.86. The van der Waals surface area contributed by atoms with E-state index in [2.05, 4.69) is 24.4 Å². The number of hydrogen-bond acceptors (Lipinski definition) is 5. The molecule has 0 aliphatic carbocycles. The first-order chi connectivity index (χ1) is 19.3. The van der Waals surface area contributed by atoms with Crippen LogP contribution < -0.4 is 10.2 Å². The Morgan fingerprint density at radius 1 is 1.05 bits per heavy atom. The topological polar surface area (TPSA) is 70.5 Å². The summed E-state index contributed by atoms with van der Waals surface area (Å²) in [4.78, 5) is 30.4. The summed E-state index contributed by atoms with van der Waals surface area (Å²) in [6, 6.07) is 24.0. The molecule has 1 aromatic heterocycles. The monoisotopic (exact) mass is 557 g/mol. The quantitative estimate of drug-likeness (QED) is 0.336. The Bertz CT molecular complexity index is 1500. The summed E-state index contributed by atoms with van der Waals surface area (Å²) in [6.07, 6.45) is 0. The molecule has 2 amide bonds. The number of nitrogens with zero attached hydrogens (tertiary/aromatic N) is 4. The van der Waals surface area contributed by atoms with Crippen molar-refractivity contribution in [2.24, 2.45) is 0 Å². The zero-order chi connectivity index (χ0) is 28.2. The van der Waals surface area contributed by atoms with Crippen molar-refractivity contribution in [3.8, 4) is 16.9 Å². The Kier molecular flexibility index (Phi) is 8.32. The number of fused-ring (bicyclic) bond motifs is 1. The zero-order valence-electron chi connectivity index (χ0n) is 22.8. The number of halogens is 1. The molecular formula is C31H32FN5O2S. The van der Waals surface area contributed by atoms with E-state index in [-0.39, 0.29) is 35.2 Å². The molecule has 0 fully saturated rings. The molecule has 3 aromatic carbocycles. The Morgan fingerprint density at radius 3 is 2.45 bits per heavy atom. The van der Waals surface area contributed by atoms with Crippen LogP contribution in [0.15, 0.2) is 78.9 Å². The SMILES string of the molecule is Cc1ccccc1C1SCC(=O)N(CC(=O)NCCN(C)C)c2c1c(-c1ccccc1)nn2-c1ccc(F)cc1. The van der Waals surface area contributed by atoms with Crippen LogP contribution in [-0.2, 0) is 9.59 Å². The molecule has 0 bridgehead atoms. The molecular weight excluding hydrogens is 525 g/mol. The van der Waals surface area contributed by atoms with E-state index in [9.17, 15) is 14.0 Å². The van der Waals surface area contributed by atoms with Gasteiger partial charge in [-0.15, -0.1) is 11.8 Å². The van der Waals surface area contributed by atoms with Crippen molar-refractivity contribution < 1.29 is 14.0 Å². The molecule has 4 aromatic rings. The second-order valence-corrected chi connectivity index (χ2v) is 11.1. The molecule has 1 unspecified atom stereocenters. The van der Waals surface area contributed by atoms with Crippen LogP contribution in [0.5, 0.6) is 0 Å². The lowest BCUT2D eigenvalue weighted by molar-refractivity contribution is -0.122. The molecule has 0 spiro atoms. The number of aromatic nitrogens is 2. The fourth-order valence-electron chi connectivity index (χ4n) is 4.84. The van der Waals surface area contributed by atoms with Gasteiger partial charge in [-0.25, -0.2) is 9.07 Å². The largest absolute Gasteiger partial charge is 0.353 e. The number of aryl methyl sites for hydroxylation is 1. The first-order valence-corrected chi connectivity index (χ1v) is 14.2. The van der Waals surface area contributed by atoms with Gasteiger partial charge in [0.2, 0.25) is 11.8 Å². The van der Waals surface area contributed by atoms with Crippen molar-refractivity contribution >= 4 is 29.4 Å². The number of anilines is 1. The summed E-state index contributed by atoms with van der Waals surface area (Å²) in [5.41, 5.74) is 5.23. The zero-order valence-corrected chi connectivity index (χ0v) is 23.6. The van der Waals surface area contributed by atoms with E-state index < -0.39 is 0 Å². The number of carbonyl (C=O) groups excluding carboxylic acids is 2. The Labute approximate surface area is 238 Å². The van der Waals surface area contributed by atoms with Crippen LogP contribution in [0.25, 0.3) is 16.9 Å². The summed E-state index contributed by atoms with van der Waals surface area (Å²) >= 11 is 1.53. The third-order valence-corrected chi connectivity index (χ3v) is 8.10. The van der Waals surface area contributed by atoms with Crippen LogP contribution in [0.3, 0.4) is 0 Å². The standard InChI is InChI=1S/C31H32FN5O2S/c1-21-9-7-8-12-25(21)30-28-29(22-10-5-4-6-11-22)34-37(24-15-13-23(32)14-16-24)31(28)36(27(39)20-40-30)19-26(38)33-17-18-35(2)3/h4-16,30H,17-20H2,1-3H3,(H,33,38). The minimum Gasteiger partial charge on any atom is -0.353 e.